The fourth-order valence-corrected chi connectivity index (χ4v) is 2.41. The van der Waals surface area contributed by atoms with Gasteiger partial charge >= 0.3 is 0 Å². The quantitative estimate of drug-likeness (QED) is 0.784. The fourth-order valence-electron chi connectivity index (χ4n) is 2.41. The highest BCUT2D eigenvalue weighted by atomic mass is 14.9. The first-order valence-corrected chi connectivity index (χ1v) is 6.87. The monoisotopic (exact) mass is 263 g/mol. The van der Waals surface area contributed by atoms with Crippen molar-refractivity contribution in [1.29, 1.82) is 0 Å². The van der Waals surface area contributed by atoms with Crippen LogP contribution in [-0.4, -0.2) is 16.5 Å². The first-order valence-electron chi connectivity index (χ1n) is 6.87. The van der Waals surface area contributed by atoms with Crippen molar-refractivity contribution in [2.75, 3.05) is 6.54 Å². The highest BCUT2D eigenvalue weighted by Crippen LogP contribution is 2.23. The minimum absolute atomic E-state index is 0.104. The van der Waals surface area contributed by atoms with Gasteiger partial charge in [0.2, 0.25) is 0 Å². The summed E-state index contributed by atoms with van der Waals surface area (Å²) in [6.07, 6.45) is 3.66. The number of benzene rings is 1. The van der Waals surface area contributed by atoms with Gasteiger partial charge in [-0.05, 0) is 36.4 Å². The Morgan fingerprint density at radius 3 is 2.70 bits per heavy atom. The number of rotatable bonds is 4. The number of aromatic nitrogens is 2. The Kier molecular flexibility index (Phi) is 3.70. The zero-order chi connectivity index (χ0) is 13.8. The van der Waals surface area contributed by atoms with Crippen molar-refractivity contribution in [3.8, 4) is 0 Å². The molecule has 3 rings (SSSR count). The second kappa shape index (κ2) is 5.80. The predicted molar refractivity (Wildman–Crippen MR) is 81.5 cm³/mol. The summed E-state index contributed by atoms with van der Waals surface area (Å²) >= 11 is 0. The molecule has 0 spiro atoms. The first-order chi connectivity index (χ1) is 9.88. The largest absolute Gasteiger partial charge is 0.305 e. The molecule has 1 N–H and O–H groups in total. The maximum absolute atomic E-state index is 4.47. The van der Waals surface area contributed by atoms with Crippen LogP contribution < -0.4 is 5.32 Å². The summed E-state index contributed by atoms with van der Waals surface area (Å²) in [5.41, 5.74) is 3.24. The Balaban J connectivity index is 2.05. The summed E-state index contributed by atoms with van der Waals surface area (Å²) in [5.74, 6) is 0. The van der Waals surface area contributed by atoms with Crippen molar-refractivity contribution in [2.24, 2.45) is 0 Å². The third kappa shape index (κ3) is 2.53. The van der Waals surface area contributed by atoms with E-state index in [0.717, 1.165) is 23.1 Å². The van der Waals surface area contributed by atoms with Gasteiger partial charge in [-0.15, -0.1) is 0 Å². The highest BCUT2D eigenvalue weighted by Gasteiger charge is 2.14. The lowest BCUT2D eigenvalue weighted by molar-refractivity contribution is 0.616. The van der Waals surface area contributed by atoms with Crippen molar-refractivity contribution in [2.45, 2.75) is 13.0 Å². The predicted octanol–water partition coefficient (Wildman–Crippen LogP) is 3.33. The number of hydrogen-bond acceptors (Lipinski definition) is 3. The number of nitrogens with one attached hydrogen (secondary N) is 1. The molecule has 1 unspecified atom stereocenters. The van der Waals surface area contributed by atoms with Crippen LogP contribution in [0, 0.1) is 0 Å². The lowest BCUT2D eigenvalue weighted by Crippen LogP contribution is -2.22. The van der Waals surface area contributed by atoms with Crippen LogP contribution in [-0.2, 0) is 0 Å². The molecule has 0 bridgehead atoms. The number of fused-ring (bicyclic) bond motifs is 1. The molecule has 0 aliphatic heterocycles. The van der Waals surface area contributed by atoms with Crippen LogP contribution in [0.3, 0.4) is 0 Å². The Hall–Kier alpha value is -2.26. The summed E-state index contributed by atoms with van der Waals surface area (Å²) in [6.45, 7) is 3.00. The normalized spacial score (nSPS) is 12.4. The summed E-state index contributed by atoms with van der Waals surface area (Å²) in [6, 6.07) is 16.6. The standard InChI is InChI=1S/C17H17N3/c1-2-18-17(15-7-3-4-10-19-15)14-9-8-13-6-5-11-20-16(13)12-14/h3-12,17-18H,2H2,1H3. The number of hydrogen-bond donors (Lipinski definition) is 1. The Morgan fingerprint density at radius 1 is 1.00 bits per heavy atom. The molecule has 3 aromatic rings. The highest BCUT2D eigenvalue weighted by molar-refractivity contribution is 5.79. The fraction of sp³-hybridized carbons (Fsp3) is 0.176. The van der Waals surface area contributed by atoms with Crippen molar-refractivity contribution in [3.63, 3.8) is 0 Å². The number of pyridine rings is 2. The second-order valence-corrected chi connectivity index (χ2v) is 4.70. The van der Waals surface area contributed by atoms with E-state index in [9.17, 15) is 0 Å². The Labute approximate surface area is 118 Å². The van der Waals surface area contributed by atoms with Crippen LogP contribution in [0.4, 0.5) is 0 Å². The van der Waals surface area contributed by atoms with Crippen molar-refractivity contribution in [1.82, 2.24) is 15.3 Å². The van der Waals surface area contributed by atoms with Crippen LogP contribution in [0.5, 0.6) is 0 Å². The van der Waals surface area contributed by atoms with E-state index in [1.165, 1.54) is 5.56 Å². The van der Waals surface area contributed by atoms with Gasteiger partial charge in [-0.1, -0.05) is 31.2 Å². The first kappa shape index (κ1) is 12.8. The molecule has 0 saturated heterocycles. The Bertz CT molecular complexity index is 695. The van der Waals surface area contributed by atoms with Gasteiger partial charge in [0.15, 0.2) is 0 Å². The summed E-state index contributed by atoms with van der Waals surface area (Å²) in [7, 11) is 0. The van der Waals surface area contributed by atoms with E-state index in [0.29, 0.717) is 0 Å². The molecule has 3 heteroatoms. The molecule has 0 amide bonds. The van der Waals surface area contributed by atoms with Gasteiger partial charge in [-0.2, -0.15) is 0 Å². The van der Waals surface area contributed by atoms with Gasteiger partial charge in [0.25, 0.3) is 0 Å². The van der Waals surface area contributed by atoms with Crippen LogP contribution in [0.15, 0.2) is 60.9 Å². The van der Waals surface area contributed by atoms with E-state index >= 15 is 0 Å². The van der Waals surface area contributed by atoms with E-state index < -0.39 is 0 Å². The molecule has 100 valence electrons. The zero-order valence-electron chi connectivity index (χ0n) is 11.5. The van der Waals surface area contributed by atoms with Gasteiger partial charge in [0.1, 0.15) is 0 Å². The average Bonchev–Trinajstić information content (AvgIpc) is 2.53. The van der Waals surface area contributed by atoms with Gasteiger partial charge in [-0.25, -0.2) is 0 Å². The van der Waals surface area contributed by atoms with Crippen LogP contribution in [0.1, 0.15) is 24.2 Å². The van der Waals surface area contributed by atoms with Crippen molar-refractivity contribution >= 4 is 10.9 Å². The van der Waals surface area contributed by atoms with E-state index in [4.69, 9.17) is 0 Å². The van der Waals surface area contributed by atoms with E-state index in [2.05, 4.69) is 52.5 Å². The second-order valence-electron chi connectivity index (χ2n) is 4.70. The number of nitrogens with zero attached hydrogens (tertiary/aromatic N) is 2. The average molecular weight is 263 g/mol. The van der Waals surface area contributed by atoms with Gasteiger partial charge < -0.3 is 5.32 Å². The van der Waals surface area contributed by atoms with Gasteiger partial charge in [-0.3, -0.25) is 9.97 Å². The zero-order valence-corrected chi connectivity index (χ0v) is 11.5. The minimum atomic E-state index is 0.104. The molecule has 1 atom stereocenters. The molecule has 2 aromatic heterocycles. The smallest absolute Gasteiger partial charge is 0.0752 e. The van der Waals surface area contributed by atoms with Crippen LogP contribution in [0.2, 0.25) is 0 Å². The van der Waals surface area contributed by atoms with E-state index in [1.54, 1.807) is 0 Å². The van der Waals surface area contributed by atoms with Crippen molar-refractivity contribution < 1.29 is 0 Å². The molecular formula is C17H17N3. The summed E-state index contributed by atoms with van der Waals surface area (Å²) in [5, 5.41) is 4.65. The van der Waals surface area contributed by atoms with Gasteiger partial charge in [0.05, 0.1) is 17.3 Å². The maximum Gasteiger partial charge on any atom is 0.0752 e. The SMILES string of the molecule is CCNC(c1ccc2cccnc2c1)c1ccccn1. The van der Waals surface area contributed by atoms with E-state index in [1.807, 2.05) is 30.6 Å². The molecule has 0 aliphatic carbocycles. The molecule has 20 heavy (non-hydrogen) atoms. The Morgan fingerprint density at radius 2 is 1.90 bits per heavy atom. The molecule has 2 heterocycles. The minimum Gasteiger partial charge on any atom is -0.305 e. The molecule has 3 nitrogen and oxygen atoms in total. The van der Waals surface area contributed by atoms with Crippen LogP contribution >= 0.6 is 0 Å². The lowest BCUT2D eigenvalue weighted by atomic mass is 10.0. The maximum atomic E-state index is 4.47. The van der Waals surface area contributed by atoms with Crippen LogP contribution in [0.25, 0.3) is 10.9 Å². The summed E-state index contributed by atoms with van der Waals surface area (Å²) in [4.78, 5) is 8.90. The molecule has 0 fully saturated rings. The third-order valence-corrected chi connectivity index (χ3v) is 3.36. The summed E-state index contributed by atoms with van der Waals surface area (Å²) < 4.78 is 0. The topological polar surface area (TPSA) is 37.8 Å². The van der Waals surface area contributed by atoms with Gasteiger partial charge in [0, 0.05) is 17.8 Å². The molecule has 0 saturated carbocycles. The molecule has 0 radical (unpaired) electrons. The molecule has 0 aliphatic rings. The molecule has 1 aromatic carbocycles. The lowest BCUT2D eigenvalue weighted by Gasteiger charge is -2.18. The third-order valence-electron chi connectivity index (χ3n) is 3.36. The molecular weight excluding hydrogens is 246 g/mol. The van der Waals surface area contributed by atoms with Crippen molar-refractivity contribution in [3.05, 3.63) is 72.2 Å². The van der Waals surface area contributed by atoms with E-state index in [-0.39, 0.29) is 6.04 Å².